The van der Waals surface area contributed by atoms with Crippen molar-refractivity contribution in [3.8, 4) is 5.75 Å². The van der Waals surface area contributed by atoms with E-state index in [4.69, 9.17) is 9.15 Å². The molecule has 2 aromatic carbocycles. The molecule has 2 aliphatic heterocycles. The van der Waals surface area contributed by atoms with E-state index in [2.05, 4.69) is 22.3 Å². The Morgan fingerprint density at radius 3 is 2.38 bits per heavy atom. The SMILES string of the molecule is COc1ccccc1C1=C(Nc2ccc(N3CCCCC3)cc2)C(=O)N(Cc2ccco2)C1=O. The third kappa shape index (κ3) is 4.17. The average molecular weight is 458 g/mol. The fraction of sp³-hybridized carbons (Fsp3) is 0.259. The summed E-state index contributed by atoms with van der Waals surface area (Å²) in [6, 6.07) is 18.7. The number of hydrogen-bond donors (Lipinski definition) is 1. The molecule has 7 heteroatoms. The van der Waals surface area contributed by atoms with Crippen LogP contribution in [0.2, 0.25) is 0 Å². The molecule has 7 nitrogen and oxygen atoms in total. The Hall–Kier alpha value is -4.00. The average Bonchev–Trinajstić information content (AvgIpc) is 3.48. The molecule has 0 saturated carbocycles. The molecule has 0 atom stereocenters. The first-order valence-corrected chi connectivity index (χ1v) is 11.5. The standard InChI is InChI=1S/C27H27N3O4/c1-33-23-10-4-3-9-22(23)24-25(27(32)30(26(24)31)18-21-8-7-17-34-21)28-19-11-13-20(14-12-19)29-15-5-2-6-16-29/h3-4,7-14,17,28H,2,5-6,15-16,18H2,1H3. The van der Waals surface area contributed by atoms with E-state index < -0.39 is 11.8 Å². The summed E-state index contributed by atoms with van der Waals surface area (Å²) in [5.74, 6) is 0.271. The quantitative estimate of drug-likeness (QED) is 0.520. The van der Waals surface area contributed by atoms with Crippen LogP contribution >= 0.6 is 0 Å². The molecule has 1 N–H and O–H groups in total. The highest BCUT2D eigenvalue weighted by Gasteiger charge is 2.40. The zero-order chi connectivity index (χ0) is 23.5. The van der Waals surface area contributed by atoms with Crippen molar-refractivity contribution >= 4 is 28.8 Å². The maximum Gasteiger partial charge on any atom is 0.278 e. The number of anilines is 2. The fourth-order valence-corrected chi connectivity index (χ4v) is 4.55. The summed E-state index contributed by atoms with van der Waals surface area (Å²) in [5.41, 5.74) is 2.99. The van der Waals surface area contributed by atoms with Gasteiger partial charge < -0.3 is 19.4 Å². The first-order chi connectivity index (χ1) is 16.7. The van der Waals surface area contributed by atoms with Crippen molar-refractivity contribution in [2.75, 3.05) is 30.4 Å². The van der Waals surface area contributed by atoms with Gasteiger partial charge >= 0.3 is 0 Å². The molecule has 174 valence electrons. The highest BCUT2D eigenvalue weighted by molar-refractivity contribution is 6.36. The first-order valence-electron chi connectivity index (χ1n) is 11.5. The van der Waals surface area contributed by atoms with Gasteiger partial charge in [-0.1, -0.05) is 18.2 Å². The van der Waals surface area contributed by atoms with Crippen molar-refractivity contribution in [2.45, 2.75) is 25.8 Å². The number of methoxy groups -OCH3 is 1. The number of nitrogens with one attached hydrogen (secondary N) is 1. The third-order valence-electron chi connectivity index (χ3n) is 6.30. The van der Waals surface area contributed by atoms with Crippen LogP contribution in [0.4, 0.5) is 11.4 Å². The fourth-order valence-electron chi connectivity index (χ4n) is 4.55. The van der Waals surface area contributed by atoms with E-state index in [9.17, 15) is 9.59 Å². The number of benzene rings is 2. The van der Waals surface area contributed by atoms with Crippen LogP contribution in [0.5, 0.6) is 5.75 Å². The number of para-hydroxylation sites is 1. The number of carbonyl (C=O) groups is 2. The minimum absolute atomic E-state index is 0.0579. The number of carbonyl (C=O) groups excluding carboxylic acids is 2. The molecule has 0 unspecified atom stereocenters. The normalized spacial score (nSPS) is 16.4. The lowest BCUT2D eigenvalue weighted by atomic mass is 10.0. The Bertz CT molecular complexity index is 1210. The third-order valence-corrected chi connectivity index (χ3v) is 6.30. The van der Waals surface area contributed by atoms with E-state index in [-0.39, 0.29) is 17.8 Å². The predicted molar refractivity (Wildman–Crippen MR) is 130 cm³/mol. The zero-order valence-electron chi connectivity index (χ0n) is 19.1. The highest BCUT2D eigenvalue weighted by atomic mass is 16.5. The topological polar surface area (TPSA) is 75.0 Å². The lowest BCUT2D eigenvalue weighted by Gasteiger charge is -2.28. The molecule has 1 fully saturated rings. The molecule has 2 aliphatic rings. The van der Waals surface area contributed by atoms with E-state index in [0.717, 1.165) is 24.5 Å². The second-order valence-electron chi connectivity index (χ2n) is 8.45. The number of ether oxygens (including phenoxy) is 1. The molecule has 3 heterocycles. The zero-order valence-corrected chi connectivity index (χ0v) is 19.1. The maximum absolute atomic E-state index is 13.5. The van der Waals surface area contributed by atoms with E-state index in [1.54, 1.807) is 31.4 Å². The summed E-state index contributed by atoms with van der Waals surface area (Å²) in [6.45, 7) is 2.18. The van der Waals surface area contributed by atoms with Crippen LogP contribution in [0.15, 0.2) is 77.0 Å². The minimum atomic E-state index is -0.401. The summed E-state index contributed by atoms with van der Waals surface area (Å²) in [6.07, 6.45) is 5.22. The number of imide groups is 1. The van der Waals surface area contributed by atoms with Gasteiger partial charge in [0.1, 0.15) is 17.2 Å². The Balaban J connectivity index is 1.48. The molecule has 0 spiro atoms. The van der Waals surface area contributed by atoms with Crippen molar-refractivity contribution in [2.24, 2.45) is 0 Å². The lowest BCUT2D eigenvalue weighted by Crippen LogP contribution is -2.31. The summed E-state index contributed by atoms with van der Waals surface area (Å²) >= 11 is 0. The minimum Gasteiger partial charge on any atom is -0.496 e. The molecule has 3 aromatic rings. The predicted octanol–water partition coefficient (Wildman–Crippen LogP) is 4.67. The largest absolute Gasteiger partial charge is 0.496 e. The molecular weight excluding hydrogens is 430 g/mol. The molecule has 1 aromatic heterocycles. The van der Waals surface area contributed by atoms with Crippen LogP contribution < -0.4 is 15.0 Å². The summed E-state index contributed by atoms with van der Waals surface area (Å²) in [4.78, 5) is 30.5. The van der Waals surface area contributed by atoms with Gasteiger partial charge in [-0.05, 0) is 61.7 Å². The number of piperidine rings is 1. The van der Waals surface area contributed by atoms with Crippen molar-refractivity contribution in [1.29, 1.82) is 0 Å². The molecule has 0 aliphatic carbocycles. The number of rotatable bonds is 7. The van der Waals surface area contributed by atoms with E-state index in [0.29, 0.717) is 17.1 Å². The van der Waals surface area contributed by atoms with Gasteiger partial charge in [0.05, 0.1) is 25.5 Å². The molecule has 34 heavy (non-hydrogen) atoms. The van der Waals surface area contributed by atoms with E-state index in [1.165, 1.54) is 30.4 Å². The van der Waals surface area contributed by atoms with Gasteiger partial charge in [0.25, 0.3) is 11.8 Å². The van der Waals surface area contributed by atoms with E-state index >= 15 is 0 Å². The summed E-state index contributed by atoms with van der Waals surface area (Å²) in [7, 11) is 1.55. The van der Waals surface area contributed by atoms with Gasteiger partial charge in [0, 0.05) is 30.0 Å². The Morgan fingerprint density at radius 2 is 1.68 bits per heavy atom. The van der Waals surface area contributed by atoms with E-state index in [1.807, 2.05) is 24.3 Å². The Morgan fingerprint density at radius 1 is 0.912 bits per heavy atom. The monoisotopic (exact) mass is 457 g/mol. The lowest BCUT2D eigenvalue weighted by molar-refractivity contribution is -0.137. The highest BCUT2D eigenvalue weighted by Crippen LogP contribution is 2.36. The second-order valence-corrected chi connectivity index (χ2v) is 8.45. The Labute approximate surface area is 198 Å². The van der Waals surface area contributed by atoms with Crippen LogP contribution in [-0.2, 0) is 16.1 Å². The van der Waals surface area contributed by atoms with Crippen LogP contribution in [0.1, 0.15) is 30.6 Å². The number of nitrogens with zero attached hydrogens (tertiary/aromatic N) is 2. The summed E-state index contributed by atoms with van der Waals surface area (Å²) in [5, 5.41) is 3.22. The van der Waals surface area contributed by atoms with Crippen molar-refractivity contribution < 1.29 is 18.7 Å². The van der Waals surface area contributed by atoms with Crippen LogP contribution in [-0.4, -0.2) is 36.9 Å². The van der Waals surface area contributed by atoms with Gasteiger partial charge in [-0.25, -0.2) is 0 Å². The van der Waals surface area contributed by atoms with Gasteiger partial charge in [-0.15, -0.1) is 0 Å². The van der Waals surface area contributed by atoms with Crippen LogP contribution in [0.3, 0.4) is 0 Å². The van der Waals surface area contributed by atoms with Gasteiger partial charge in [-0.2, -0.15) is 0 Å². The van der Waals surface area contributed by atoms with Gasteiger partial charge in [-0.3, -0.25) is 14.5 Å². The molecule has 2 amide bonds. The van der Waals surface area contributed by atoms with Crippen molar-refractivity contribution in [3.05, 3.63) is 83.9 Å². The number of furan rings is 1. The van der Waals surface area contributed by atoms with Crippen LogP contribution in [0, 0.1) is 0 Å². The molecule has 1 saturated heterocycles. The van der Waals surface area contributed by atoms with Gasteiger partial charge in [0.15, 0.2) is 0 Å². The Kier molecular flexibility index (Phi) is 6.08. The molecule has 5 rings (SSSR count). The van der Waals surface area contributed by atoms with Crippen LogP contribution in [0.25, 0.3) is 5.57 Å². The van der Waals surface area contributed by atoms with Gasteiger partial charge in [0.2, 0.25) is 0 Å². The number of amides is 2. The van der Waals surface area contributed by atoms with Crippen molar-refractivity contribution in [3.63, 3.8) is 0 Å². The molecular formula is C27H27N3O4. The second kappa shape index (κ2) is 9.47. The van der Waals surface area contributed by atoms with Crippen molar-refractivity contribution in [1.82, 2.24) is 4.90 Å². The smallest absolute Gasteiger partial charge is 0.278 e. The molecule has 0 bridgehead atoms. The first kappa shape index (κ1) is 21.8. The molecule has 0 radical (unpaired) electrons. The number of hydrogen-bond acceptors (Lipinski definition) is 6. The summed E-state index contributed by atoms with van der Waals surface area (Å²) < 4.78 is 10.9. The maximum atomic E-state index is 13.5.